The molecule has 1 unspecified atom stereocenters. The minimum Gasteiger partial charge on any atom is -0.246 e. The molecule has 0 amide bonds. The van der Waals surface area contributed by atoms with Gasteiger partial charge in [-0.3, -0.25) is 0 Å². The van der Waals surface area contributed by atoms with Gasteiger partial charge in [-0.05, 0) is 18.8 Å². The molecule has 0 heterocycles. The van der Waals surface area contributed by atoms with Crippen LogP contribution >= 0.6 is 11.6 Å². The standard InChI is InChI=1S/C9H16ClF/c1-7-4-2-3-5-8(10)9(11)6-7/h7-9H,2-6H2,1H3/t7-,8-,9?/m0/s1. The fourth-order valence-corrected chi connectivity index (χ4v) is 1.92. The number of hydrogen-bond acceptors (Lipinski definition) is 0. The Hall–Kier alpha value is 0.220. The topological polar surface area (TPSA) is 0 Å². The second-order valence-corrected chi connectivity index (χ2v) is 4.22. The molecule has 2 heteroatoms. The molecule has 1 fully saturated rings. The van der Waals surface area contributed by atoms with Crippen molar-refractivity contribution in [2.24, 2.45) is 5.92 Å². The molecular formula is C9H16ClF. The molecule has 0 bridgehead atoms. The Labute approximate surface area is 73.1 Å². The number of rotatable bonds is 0. The predicted molar refractivity (Wildman–Crippen MR) is 46.8 cm³/mol. The quantitative estimate of drug-likeness (QED) is 0.498. The number of alkyl halides is 2. The second-order valence-electron chi connectivity index (χ2n) is 3.66. The van der Waals surface area contributed by atoms with Crippen LogP contribution in [0.15, 0.2) is 0 Å². The summed E-state index contributed by atoms with van der Waals surface area (Å²) in [5, 5.41) is -0.224. The van der Waals surface area contributed by atoms with Crippen molar-refractivity contribution in [2.75, 3.05) is 0 Å². The maximum absolute atomic E-state index is 13.1. The number of hydrogen-bond donors (Lipinski definition) is 0. The average molecular weight is 179 g/mol. The highest BCUT2D eigenvalue weighted by atomic mass is 35.5. The summed E-state index contributed by atoms with van der Waals surface area (Å²) in [6.45, 7) is 2.11. The van der Waals surface area contributed by atoms with E-state index in [9.17, 15) is 4.39 Å². The molecular weight excluding hydrogens is 163 g/mol. The summed E-state index contributed by atoms with van der Waals surface area (Å²) in [5.41, 5.74) is 0. The van der Waals surface area contributed by atoms with Crippen LogP contribution < -0.4 is 0 Å². The summed E-state index contributed by atoms with van der Waals surface area (Å²) < 4.78 is 13.1. The summed E-state index contributed by atoms with van der Waals surface area (Å²) in [7, 11) is 0. The average Bonchev–Trinajstić information content (AvgIpc) is 1.95. The highest BCUT2D eigenvalue weighted by Crippen LogP contribution is 2.27. The molecule has 0 nitrogen and oxygen atoms in total. The zero-order valence-electron chi connectivity index (χ0n) is 7.02. The minimum atomic E-state index is -0.771. The van der Waals surface area contributed by atoms with Crippen LogP contribution in [0.25, 0.3) is 0 Å². The van der Waals surface area contributed by atoms with Gasteiger partial charge in [0, 0.05) is 0 Å². The summed E-state index contributed by atoms with van der Waals surface area (Å²) in [6, 6.07) is 0. The van der Waals surface area contributed by atoms with E-state index in [-0.39, 0.29) is 5.38 Å². The monoisotopic (exact) mass is 178 g/mol. The molecule has 66 valence electrons. The third-order valence-electron chi connectivity index (χ3n) is 2.45. The summed E-state index contributed by atoms with van der Waals surface area (Å²) in [4.78, 5) is 0. The van der Waals surface area contributed by atoms with E-state index in [0.717, 1.165) is 12.8 Å². The van der Waals surface area contributed by atoms with Gasteiger partial charge in [-0.2, -0.15) is 0 Å². The molecule has 0 N–H and O–H groups in total. The SMILES string of the molecule is C[C@H]1CCCC[C@H](Cl)C(F)C1. The van der Waals surface area contributed by atoms with E-state index >= 15 is 0 Å². The molecule has 0 aromatic heterocycles. The minimum absolute atomic E-state index is 0.224. The lowest BCUT2D eigenvalue weighted by molar-refractivity contribution is 0.236. The van der Waals surface area contributed by atoms with Gasteiger partial charge in [0.1, 0.15) is 6.17 Å². The van der Waals surface area contributed by atoms with E-state index in [1.807, 2.05) is 0 Å². The Kier molecular flexibility index (Phi) is 3.64. The van der Waals surface area contributed by atoms with Crippen LogP contribution in [0.2, 0.25) is 0 Å². The van der Waals surface area contributed by atoms with Crippen molar-refractivity contribution < 1.29 is 4.39 Å². The van der Waals surface area contributed by atoms with E-state index in [0.29, 0.717) is 12.3 Å². The number of halogens is 2. The van der Waals surface area contributed by atoms with Crippen molar-refractivity contribution in [3.63, 3.8) is 0 Å². The Morgan fingerprint density at radius 3 is 2.64 bits per heavy atom. The molecule has 1 rings (SSSR count). The maximum Gasteiger partial charge on any atom is 0.117 e. The van der Waals surface area contributed by atoms with Crippen molar-refractivity contribution in [3.8, 4) is 0 Å². The Morgan fingerprint density at radius 2 is 1.91 bits per heavy atom. The first-order chi connectivity index (χ1) is 5.20. The zero-order chi connectivity index (χ0) is 8.27. The van der Waals surface area contributed by atoms with Gasteiger partial charge in [0.2, 0.25) is 0 Å². The van der Waals surface area contributed by atoms with Gasteiger partial charge in [-0.15, -0.1) is 11.6 Å². The third-order valence-corrected chi connectivity index (χ3v) is 2.94. The molecule has 1 aliphatic rings. The van der Waals surface area contributed by atoms with Crippen molar-refractivity contribution >= 4 is 11.6 Å². The van der Waals surface area contributed by atoms with Crippen LogP contribution in [-0.2, 0) is 0 Å². The second kappa shape index (κ2) is 4.30. The predicted octanol–water partition coefficient (Wildman–Crippen LogP) is 3.53. The molecule has 0 aromatic rings. The molecule has 1 saturated carbocycles. The van der Waals surface area contributed by atoms with Crippen molar-refractivity contribution in [2.45, 2.75) is 50.6 Å². The van der Waals surface area contributed by atoms with Gasteiger partial charge in [-0.25, -0.2) is 4.39 Å². The fourth-order valence-electron chi connectivity index (χ4n) is 1.66. The summed E-state index contributed by atoms with van der Waals surface area (Å²) >= 11 is 5.83. The van der Waals surface area contributed by atoms with E-state index < -0.39 is 6.17 Å². The Bertz CT molecular complexity index is 116. The maximum atomic E-state index is 13.1. The first kappa shape index (κ1) is 9.31. The van der Waals surface area contributed by atoms with Gasteiger partial charge in [0.15, 0.2) is 0 Å². The zero-order valence-corrected chi connectivity index (χ0v) is 7.78. The summed E-state index contributed by atoms with van der Waals surface area (Å²) in [5.74, 6) is 0.520. The van der Waals surface area contributed by atoms with Crippen LogP contribution in [0.5, 0.6) is 0 Å². The van der Waals surface area contributed by atoms with Gasteiger partial charge in [-0.1, -0.05) is 26.2 Å². The molecule has 0 aromatic carbocycles. The molecule has 0 radical (unpaired) electrons. The first-order valence-corrected chi connectivity index (χ1v) is 4.92. The van der Waals surface area contributed by atoms with E-state index in [2.05, 4.69) is 6.92 Å². The fraction of sp³-hybridized carbons (Fsp3) is 1.00. The molecule has 0 aliphatic heterocycles. The lowest BCUT2D eigenvalue weighted by Crippen LogP contribution is -2.21. The van der Waals surface area contributed by atoms with Crippen LogP contribution in [0.3, 0.4) is 0 Å². The van der Waals surface area contributed by atoms with Gasteiger partial charge < -0.3 is 0 Å². The Balaban J connectivity index is 2.38. The Morgan fingerprint density at radius 1 is 1.27 bits per heavy atom. The molecule has 0 saturated heterocycles. The van der Waals surface area contributed by atoms with Gasteiger partial charge in [0.25, 0.3) is 0 Å². The molecule has 0 spiro atoms. The normalized spacial score (nSPS) is 41.2. The van der Waals surface area contributed by atoms with E-state index in [1.165, 1.54) is 12.8 Å². The first-order valence-electron chi connectivity index (χ1n) is 4.48. The van der Waals surface area contributed by atoms with Crippen LogP contribution in [0.1, 0.15) is 39.0 Å². The smallest absolute Gasteiger partial charge is 0.117 e. The molecule has 1 aliphatic carbocycles. The van der Waals surface area contributed by atoms with Crippen LogP contribution in [0, 0.1) is 5.92 Å². The van der Waals surface area contributed by atoms with Gasteiger partial charge in [0.05, 0.1) is 5.38 Å². The highest BCUT2D eigenvalue weighted by molar-refractivity contribution is 6.21. The third kappa shape index (κ3) is 2.98. The van der Waals surface area contributed by atoms with E-state index in [1.54, 1.807) is 0 Å². The van der Waals surface area contributed by atoms with Crippen LogP contribution in [0.4, 0.5) is 4.39 Å². The van der Waals surface area contributed by atoms with Gasteiger partial charge >= 0.3 is 0 Å². The highest BCUT2D eigenvalue weighted by Gasteiger charge is 2.22. The van der Waals surface area contributed by atoms with Crippen molar-refractivity contribution in [3.05, 3.63) is 0 Å². The van der Waals surface area contributed by atoms with Crippen molar-refractivity contribution in [1.82, 2.24) is 0 Å². The van der Waals surface area contributed by atoms with Crippen LogP contribution in [-0.4, -0.2) is 11.5 Å². The lowest BCUT2D eigenvalue weighted by atomic mass is 9.91. The van der Waals surface area contributed by atoms with E-state index in [4.69, 9.17) is 11.6 Å². The lowest BCUT2D eigenvalue weighted by Gasteiger charge is -2.22. The summed E-state index contributed by atoms with van der Waals surface area (Å²) in [6.07, 6.45) is 4.23. The largest absolute Gasteiger partial charge is 0.246 e. The molecule has 3 atom stereocenters. The van der Waals surface area contributed by atoms with Crippen molar-refractivity contribution in [1.29, 1.82) is 0 Å². The molecule has 11 heavy (non-hydrogen) atoms.